The predicted molar refractivity (Wildman–Crippen MR) is 75.7 cm³/mol. The summed E-state index contributed by atoms with van der Waals surface area (Å²) in [5.41, 5.74) is 6.08. The van der Waals surface area contributed by atoms with Gasteiger partial charge in [0.15, 0.2) is 0 Å². The lowest BCUT2D eigenvalue weighted by molar-refractivity contribution is -0.136. The molecule has 0 aromatic heterocycles. The quantitative estimate of drug-likeness (QED) is 0.705. The monoisotopic (exact) mass is 312 g/mol. The Morgan fingerprint density at radius 3 is 2.70 bits per heavy atom. The average Bonchev–Trinajstić information content (AvgIpc) is 2.83. The number of nitriles is 1. The molecular formula is C15H12N4O4. The molecule has 1 unspecified atom stereocenters. The summed E-state index contributed by atoms with van der Waals surface area (Å²) in [4.78, 5) is 48.4. The summed E-state index contributed by atoms with van der Waals surface area (Å²) in [6.07, 6.45) is 0.378. The number of benzene rings is 1. The molecule has 1 saturated heterocycles. The van der Waals surface area contributed by atoms with Gasteiger partial charge in [0, 0.05) is 18.5 Å². The molecule has 4 amide bonds. The zero-order chi connectivity index (χ0) is 16.7. The van der Waals surface area contributed by atoms with Crippen LogP contribution in [0.2, 0.25) is 0 Å². The molecule has 3 rings (SSSR count). The van der Waals surface area contributed by atoms with Crippen molar-refractivity contribution in [2.24, 2.45) is 5.73 Å². The number of carbonyl (C=O) groups is 4. The Balaban J connectivity index is 1.99. The van der Waals surface area contributed by atoms with Gasteiger partial charge in [-0.3, -0.25) is 24.5 Å². The van der Waals surface area contributed by atoms with E-state index < -0.39 is 23.8 Å². The molecule has 8 nitrogen and oxygen atoms in total. The highest BCUT2D eigenvalue weighted by molar-refractivity contribution is 6.07. The van der Waals surface area contributed by atoms with E-state index in [1.165, 1.54) is 17.0 Å². The maximum Gasteiger partial charge on any atom is 0.256 e. The topological polar surface area (TPSA) is 133 Å². The van der Waals surface area contributed by atoms with Crippen molar-refractivity contribution >= 4 is 23.6 Å². The minimum Gasteiger partial charge on any atom is -0.366 e. The number of rotatable bonds is 2. The van der Waals surface area contributed by atoms with E-state index in [1.807, 2.05) is 6.07 Å². The van der Waals surface area contributed by atoms with Crippen molar-refractivity contribution in [3.05, 3.63) is 34.4 Å². The van der Waals surface area contributed by atoms with E-state index in [0.717, 1.165) is 0 Å². The van der Waals surface area contributed by atoms with Gasteiger partial charge in [-0.25, -0.2) is 0 Å². The first-order valence-corrected chi connectivity index (χ1v) is 6.94. The Hall–Kier alpha value is -3.21. The van der Waals surface area contributed by atoms with Crippen LogP contribution in [-0.4, -0.2) is 34.6 Å². The summed E-state index contributed by atoms with van der Waals surface area (Å²) >= 11 is 0. The van der Waals surface area contributed by atoms with Crippen molar-refractivity contribution in [1.82, 2.24) is 10.2 Å². The number of fused-ring (bicyclic) bond motifs is 1. The molecule has 116 valence electrons. The van der Waals surface area contributed by atoms with Crippen molar-refractivity contribution in [2.75, 3.05) is 0 Å². The van der Waals surface area contributed by atoms with Crippen LogP contribution in [0, 0.1) is 11.3 Å². The number of hydrogen-bond donors (Lipinski definition) is 2. The van der Waals surface area contributed by atoms with E-state index in [1.54, 1.807) is 0 Å². The fraction of sp³-hybridized carbons (Fsp3) is 0.267. The molecule has 3 N–H and O–H groups in total. The van der Waals surface area contributed by atoms with Gasteiger partial charge in [-0.1, -0.05) is 0 Å². The largest absolute Gasteiger partial charge is 0.366 e. The van der Waals surface area contributed by atoms with Crippen molar-refractivity contribution in [2.45, 2.75) is 25.4 Å². The highest BCUT2D eigenvalue weighted by atomic mass is 16.2. The zero-order valence-electron chi connectivity index (χ0n) is 12.0. The van der Waals surface area contributed by atoms with Crippen LogP contribution in [-0.2, 0) is 16.1 Å². The fourth-order valence-corrected chi connectivity index (χ4v) is 2.94. The van der Waals surface area contributed by atoms with Crippen LogP contribution in [0.25, 0.3) is 0 Å². The van der Waals surface area contributed by atoms with Gasteiger partial charge in [-0.15, -0.1) is 0 Å². The molecule has 1 atom stereocenters. The number of hydrogen-bond acceptors (Lipinski definition) is 5. The molecule has 0 bridgehead atoms. The van der Waals surface area contributed by atoms with Gasteiger partial charge in [0.2, 0.25) is 17.7 Å². The van der Waals surface area contributed by atoms with E-state index in [9.17, 15) is 24.4 Å². The van der Waals surface area contributed by atoms with E-state index in [0.29, 0.717) is 5.56 Å². The van der Waals surface area contributed by atoms with Gasteiger partial charge in [-0.05, 0) is 24.1 Å². The summed E-state index contributed by atoms with van der Waals surface area (Å²) in [5.74, 6) is -2.06. The molecule has 23 heavy (non-hydrogen) atoms. The van der Waals surface area contributed by atoms with E-state index in [-0.39, 0.29) is 42.0 Å². The van der Waals surface area contributed by atoms with Crippen LogP contribution in [0.5, 0.6) is 0 Å². The molecule has 0 radical (unpaired) electrons. The number of piperidine rings is 1. The molecule has 1 aromatic carbocycles. The molecule has 2 heterocycles. The van der Waals surface area contributed by atoms with Crippen molar-refractivity contribution in [1.29, 1.82) is 5.26 Å². The predicted octanol–water partition coefficient (Wildman–Crippen LogP) is -0.582. The first-order valence-electron chi connectivity index (χ1n) is 6.94. The third-order valence-corrected chi connectivity index (χ3v) is 4.03. The third kappa shape index (κ3) is 2.32. The van der Waals surface area contributed by atoms with Crippen LogP contribution >= 0.6 is 0 Å². The number of nitrogens with zero attached hydrogens (tertiary/aromatic N) is 2. The number of imide groups is 1. The van der Waals surface area contributed by atoms with Crippen LogP contribution in [0.3, 0.4) is 0 Å². The van der Waals surface area contributed by atoms with Crippen molar-refractivity contribution < 1.29 is 19.2 Å². The Morgan fingerprint density at radius 2 is 2.09 bits per heavy atom. The number of carbonyl (C=O) groups excluding carboxylic acids is 4. The maximum absolute atomic E-state index is 12.6. The van der Waals surface area contributed by atoms with E-state index >= 15 is 0 Å². The SMILES string of the molecule is N#Cc1cc(C(N)=O)cc2c1C(=O)N(C1CCC(=O)NC1=O)C2. The average molecular weight is 312 g/mol. The van der Waals surface area contributed by atoms with Gasteiger partial charge in [0.05, 0.1) is 17.2 Å². The molecule has 1 fully saturated rings. The van der Waals surface area contributed by atoms with Gasteiger partial charge < -0.3 is 10.6 Å². The number of nitrogens with one attached hydrogen (secondary N) is 1. The molecule has 1 aromatic rings. The lowest BCUT2D eigenvalue weighted by Gasteiger charge is -2.29. The summed E-state index contributed by atoms with van der Waals surface area (Å²) in [7, 11) is 0. The van der Waals surface area contributed by atoms with Gasteiger partial charge in [-0.2, -0.15) is 5.26 Å². The highest BCUT2D eigenvalue weighted by Gasteiger charge is 2.40. The van der Waals surface area contributed by atoms with Gasteiger partial charge in [0.1, 0.15) is 6.04 Å². The first kappa shape index (κ1) is 14.7. The first-order chi connectivity index (χ1) is 10.9. The number of primary amides is 1. The molecule has 0 aliphatic carbocycles. The Morgan fingerprint density at radius 1 is 1.35 bits per heavy atom. The second kappa shape index (κ2) is 5.21. The van der Waals surface area contributed by atoms with Crippen molar-refractivity contribution in [3.8, 4) is 6.07 Å². The summed E-state index contributed by atoms with van der Waals surface area (Å²) in [6, 6.07) is 3.85. The Bertz CT molecular complexity index is 808. The third-order valence-electron chi connectivity index (χ3n) is 4.03. The number of amides is 4. The minimum absolute atomic E-state index is 0.0519. The van der Waals surface area contributed by atoms with Crippen LogP contribution < -0.4 is 11.1 Å². The highest BCUT2D eigenvalue weighted by Crippen LogP contribution is 2.30. The number of nitrogens with two attached hydrogens (primary N) is 1. The van der Waals surface area contributed by atoms with Crippen LogP contribution in [0.1, 0.15) is 44.7 Å². The van der Waals surface area contributed by atoms with Crippen molar-refractivity contribution in [3.63, 3.8) is 0 Å². The molecule has 0 spiro atoms. The molecule has 0 saturated carbocycles. The maximum atomic E-state index is 12.6. The second-order valence-electron chi connectivity index (χ2n) is 5.43. The normalized spacial score (nSPS) is 20.0. The smallest absolute Gasteiger partial charge is 0.256 e. The molecule has 8 heteroatoms. The lowest BCUT2D eigenvalue weighted by atomic mass is 10.00. The van der Waals surface area contributed by atoms with Crippen LogP contribution in [0.15, 0.2) is 12.1 Å². The van der Waals surface area contributed by atoms with E-state index in [2.05, 4.69) is 5.32 Å². The van der Waals surface area contributed by atoms with Gasteiger partial charge >= 0.3 is 0 Å². The standard InChI is InChI=1S/C15H12N4O4/c16-5-8-3-7(13(17)21)4-9-6-19(15(23)12(8)9)10-1-2-11(20)18-14(10)22/h3-4,10H,1-2,6H2,(H2,17,21)(H,18,20,22). The zero-order valence-corrected chi connectivity index (χ0v) is 12.0. The molecule has 2 aliphatic rings. The molecule has 2 aliphatic heterocycles. The summed E-state index contributed by atoms with van der Waals surface area (Å²) in [5, 5.41) is 11.4. The molecular weight excluding hydrogens is 300 g/mol. The van der Waals surface area contributed by atoms with Crippen LogP contribution in [0.4, 0.5) is 0 Å². The summed E-state index contributed by atoms with van der Waals surface area (Å²) in [6.45, 7) is 0.0935. The minimum atomic E-state index is -0.767. The van der Waals surface area contributed by atoms with E-state index in [4.69, 9.17) is 5.73 Å². The second-order valence-corrected chi connectivity index (χ2v) is 5.43. The fourth-order valence-electron chi connectivity index (χ4n) is 2.94. The Kier molecular flexibility index (Phi) is 3.33. The summed E-state index contributed by atoms with van der Waals surface area (Å²) < 4.78 is 0. The van der Waals surface area contributed by atoms with Gasteiger partial charge in [0.25, 0.3) is 5.91 Å². The lowest BCUT2D eigenvalue weighted by Crippen LogP contribution is -2.52. The Labute approximate surface area is 130 Å².